The highest BCUT2D eigenvalue weighted by Crippen LogP contribution is 2.45. The van der Waals surface area contributed by atoms with Crippen LogP contribution in [-0.4, -0.2) is 36.8 Å². The molecule has 0 saturated heterocycles. The molecule has 3 rings (SSSR count). The van der Waals surface area contributed by atoms with E-state index < -0.39 is 65.8 Å². The van der Waals surface area contributed by atoms with Gasteiger partial charge >= 0.3 is 24.5 Å². The molecule has 14 heteroatoms. The molecule has 0 bridgehead atoms. The molecular weight excluding hydrogens is 568 g/mol. The van der Waals surface area contributed by atoms with Gasteiger partial charge in [0.2, 0.25) is 0 Å². The van der Waals surface area contributed by atoms with Crippen LogP contribution in [0, 0.1) is 0 Å². The first-order valence-electron chi connectivity index (χ1n) is 12.5. The van der Waals surface area contributed by atoms with E-state index in [1.54, 1.807) is 13.8 Å². The number of anilines is 1. The number of carbonyl (C=O) groups is 2. The average Bonchev–Trinajstić information content (AvgIpc) is 2.88. The van der Waals surface area contributed by atoms with E-state index in [0.29, 0.717) is 19.1 Å². The van der Waals surface area contributed by atoms with Gasteiger partial charge in [0.05, 0.1) is 36.6 Å². The normalized spacial score (nSPS) is 17.6. The Morgan fingerprint density at radius 1 is 0.927 bits per heavy atom. The van der Waals surface area contributed by atoms with Gasteiger partial charge in [-0.15, -0.1) is 0 Å². The van der Waals surface area contributed by atoms with Gasteiger partial charge in [-0.2, -0.15) is 26.3 Å². The Morgan fingerprint density at radius 3 is 2.05 bits per heavy atom. The van der Waals surface area contributed by atoms with Crippen molar-refractivity contribution >= 4 is 17.9 Å². The van der Waals surface area contributed by atoms with Crippen LogP contribution >= 0.6 is 0 Å². The number of fused-ring (bicyclic) bond motifs is 1. The number of carbonyl (C=O) groups excluding carboxylic acids is 2. The van der Waals surface area contributed by atoms with Crippen LogP contribution in [0.3, 0.4) is 0 Å². The fraction of sp³-hybridized carbons (Fsp3) is 0.481. The van der Waals surface area contributed by atoms with Crippen molar-refractivity contribution in [1.82, 2.24) is 4.90 Å². The predicted molar refractivity (Wildman–Crippen MR) is 131 cm³/mol. The summed E-state index contributed by atoms with van der Waals surface area (Å²) in [7, 11) is 0.963. The van der Waals surface area contributed by atoms with Crippen molar-refractivity contribution in [2.45, 2.75) is 70.5 Å². The highest BCUT2D eigenvalue weighted by molar-refractivity contribution is 5.90. The van der Waals surface area contributed by atoms with Crippen molar-refractivity contribution in [3.8, 4) is 0 Å². The Kier molecular flexibility index (Phi) is 9.14. The molecule has 0 fully saturated rings. The van der Waals surface area contributed by atoms with Crippen LogP contribution in [0.1, 0.15) is 67.5 Å². The zero-order valence-corrected chi connectivity index (χ0v) is 22.5. The number of nitrogens with zero attached hydrogens (tertiary/aromatic N) is 2. The van der Waals surface area contributed by atoms with E-state index in [-0.39, 0.29) is 36.3 Å². The third-order valence-corrected chi connectivity index (χ3v) is 6.73. The number of alkyl halides is 8. The summed E-state index contributed by atoms with van der Waals surface area (Å²) in [6.07, 6.45) is -11.7. The average molecular weight is 597 g/mol. The first-order chi connectivity index (χ1) is 18.9. The standard InChI is InChI=1S/C27H28F8N2O4/c1-5-19-13-22(20-12-16(26(30,31)32)7-8-21(20)37(19)24(39)41-6-2)36(23(38)40-4)14-15-9-17(25(3,28)29)11-18(10-15)27(33,34)35/h7-12,19,22H,5-6,13-14H2,1-4H3. The van der Waals surface area contributed by atoms with Crippen molar-refractivity contribution < 1.29 is 54.2 Å². The lowest BCUT2D eigenvalue weighted by molar-refractivity contribution is -0.138. The molecule has 2 atom stereocenters. The molecule has 0 aromatic heterocycles. The number of ether oxygens (including phenoxy) is 2. The molecule has 2 aromatic carbocycles. The highest BCUT2D eigenvalue weighted by Gasteiger charge is 2.43. The maximum Gasteiger partial charge on any atom is 0.416 e. The van der Waals surface area contributed by atoms with Gasteiger partial charge in [0.15, 0.2) is 0 Å². The summed E-state index contributed by atoms with van der Waals surface area (Å²) in [6.45, 7) is 2.90. The first kappa shape index (κ1) is 31.9. The van der Waals surface area contributed by atoms with Crippen molar-refractivity contribution in [1.29, 1.82) is 0 Å². The predicted octanol–water partition coefficient (Wildman–Crippen LogP) is 8.29. The Hall–Kier alpha value is -3.58. The number of amides is 2. The second-order valence-corrected chi connectivity index (χ2v) is 9.56. The fourth-order valence-corrected chi connectivity index (χ4v) is 4.81. The third kappa shape index (κ3) is 7.02. The lowest BCUT2D eigenvalue weighted by Gasteiger charge is -2.43. The van der Waals surface area contributed by atoms with Crippen LogP contribution in [0.25, 0.3) is 0 Å². The highest BCUT2D eigenvalue weighted by atomic mass is 19.4. The molecule has 2 amide bonds. The molecule has 0 aliphatic carbocycles. The zero-order valence-electron chi connectivity index (χ0n) is 22.5. The molecule has 41 heavy (non-hydrogen) atoms. The molecule has 0 spiro atoms. The Balaban J connectivity index is 2.23. The third-order valence-electron chi connectivity index (χ3n) is 6.73. The smallest absolute Gasteiger partial charge is 0.416 e. The maximum atomic E-state index is 14.1. The summed E-state index contributed by atoms with van der Waals surface area (Å²) >= 11 is 0. The molecule has 0 saturated carbocycles. The SMILES string of the molecule is CCOC(=O)N1c2ccc(C(F)(F)F)cc2C(N(Cc2cc(C(C)(F)F)cc(C(F)(F)F)c2)C(=O)OC)CC1CC. The quantitative estimate of drug-likeness (QED) is 0.315. The number of hydrogen-bond acceptors (Lipinski definition) is 4. The molecule has 6 nitrogen and oxygen atoms in total. The van der Waals surface area contributed by atoms with E-state index in [0.717, 1.165) is 36.3 Å². The Bertz CT molecular complexity index is 1240. The van der Waals surface area contributed by atoms with Crippen LogP contribution in [0.15, 0.2) is 36.4 Å². The Morgan fingerprint density at radius 2 is 1.54 bits per heavy atom. The molecule has 1 aliphatic rings. The summed E-state index contributed by atoms with van der Waals surface area (Å²) in [4.78, 5) is 27.9. The molecule has 2 aromatic rings. The second-order valence-electron chi connectivity index (χ2n) is 9.56. The molecular formula is C27H28F8N2O4. The van der Waals surface area contributed by atoms with E-state index in [9.17, 15) is 44.7 Å². The summed E-state index contributed by atoms with van der Waals surface area (Å²) in [5, 5.41) is 0. The number of methoxy groups -OCH3 is 1. The van der Waals surface area contributed by atoms with Crippen molar-refractivity contribution in [2.75, 3.05) is 18.6 Å². The monoisotopic (exact) mass is 596 g/mol. The van der Waals surface area contributed by atoms with Crippen molar-refractivity contribution in [3.05, 3.63) is 64.2 Å². The van der Waals surface area contributed by atoms with Gasteiger partial charge in [0, 0.05) is 25.1 Å². The first-order valence-corrected chi connectivity index (χ1v) is 12.5. The van der Waals surface area contributed by atoms with Crippen molar-refractivity contribution in [2.24, 2.45) is 0 Å². The number of halogens is 8. The minimum absolute atomic E-state index is 0.00160. The zero-order chi connectivity index (χ0) is 30.9. The second kappa shape index (κ2) is 11.7. The van der Waals surface area contributed by atoms with Gasteiger partial charge in [-0.05, 0) is 67.3 Å². The maximum absolute atomic E-state index is 14.1. The largest absolute Gasteiger partial charge is 0.453 e. The van der Waals surface area contributed by atoms with E-state index in [4.69, 9.17) is 9.47 Å². The van der Waals surface area contributed by atoms with Crippen LogP contribution in [0.5, 0.6) is 0 Å². The van der Waals surface area contributed by atoms with Gasteiger partial charge in [-0.25, -0.2) is 18.4 Å². The van der Waals surface area contributed by atoms with E-state index >= 15 is 0 Å². The number of hydrogen-bond donors (Lipinski definition) is 0. The summed E-state index contributed by atoms with van der Waals surface area (Å²) in [5.74, 6) is -3.67. The van der Waals surface area contributed by atoms with E-state index in [1.807, 2.05) is 0 Å². The summed E-state index contributed by atoms with van der Waals surface area (Å²) in [6, 6.07) is 2.29. The minimum atomic E-state index is -5.00. The summed E-state index contributed by atoms with van der Waals surface area (Å²) < 4.78 is 120. The van der Waals surface area contributed by atoms with E-state index in [1.165, 1.54) is 4.90 Å². The minimum Gasteiger partial charge on any atom is -0.453 e. The van der Waals surface area contributed by atoms with Gasteiger partial charge in [0.25, 0.3) is 5.92 Å². The van der Waals surface area contributed by atoms with Crippen molar-refractivity contribution in [3.63, 3.8) is 0 Å². The topological polar surface area (TPSA) is 59.1 Å². The number of benzene rings is 2. The van der Waals surface area contributed by atoms with Gasteiger partial charge in [-0.1, -0.05) is 6.92 Å². The molecule has 0 radical (unpaired) electrons. The van der Waals surface area contributed by atoms with Crippen LogP contribution in [0.2, 0.25) is 0 Å². The van der Waals surface area contributed by atoms with Gasteiger partial charge in [0.1, 0.15) is 0 Å². The van der Waals surface area contributed by atoms with Crippen LogP contribution < -0.4 is 4.90 Å². The summed E-state index contributed by atoms with van der Waals surface area (Å²) in [5.41, 5.74) is -3.95. The molecule has 0 N–H and O–H groups in total. The number of rotatable bonds is 6. The molecule has 1 heterocycles. The van der Waals surface area contributed by atoms with Gasteiger partial charge in [-0.3, -0.25) is 9.80 Å². The molecule has 226 valence electrons. The lowest BCUT2D eigenvalue weighted by Crippen LogP contribution is -2.48. The van der Waals surface area contributed by atoms with E-state index in [2.05, 4.69) is 0 Å². The lowest BCUT2D eigenvalue weighted by atomic mass is 9.87. The fourth-order valence-electron chi connectivity index (χ4n) is 4.81. The molecule has 1 aliphatic heterocycles. The van der Waals surface area contributed by atoms with Crippen LogP contribution in [-0.2, 0) is 34.3 Å². The van der Waals surface area contributed by atoms with Gasteiger partial charge < -0.3 is 9.47 Å². The molecule has 2 unspecified atom stereocenters. The Labute approximate surface area is 230 Å². The van der Waals surface area contributed by atoms with Crippen LogP contribution in [0.4, 0.5) is 50.4 Å².